The number of hydrogen-bond donors (Lipinski definition) is 3. The predicted molar refractivity (Wildman–Crippen MR) is 143 cm³/mol. The molecule has 2 saturated heterocycles. The van der Waals surface area contributed by atoms with Crippen molar-refractivity contribution in [1.29, 1.82) is 0 Å². The molecule has 1 atom stereocenters. The molecule has 3 aromatic heterocycles. The van der Waals surface area contributed by atoms with E-state index in [9.17, 15) is 13.6 Å². The van der Waals surface area contributed by atoms with Crippen molar-refractivity contribution in [2.24, 2.45) is 0 Å². The molecule has 5 heterocycles. The van der Waals surface area contributed by atoms with E-state index in [1.807, 2.05) is 17.2 Å². The molecule has 0 saturated carbocycles. The summed E-state index contributed by atoms with van der Waals surface area (Å²) in [5.41, 5.74) is 1.14. The van der Waals surface area contributed by atoms with Crippen LogP contribution in [-0.2, 0) is 0 Å². The molecule has 9 nitrogen and oxygen atoms in total. The zero-order chi connectivity index (χ0) is 25.4. The minimum Gasteiger partial charge on any atom is -0.370 e. The molecule has 1 unspecified atom stereocenters. The molecule has 0 aliphatic carbocycles. The average molecular weight is 527 g/mol. The number of anilines is 4. The standard InChI is InChI=1S/C25H26F2N8OS.H2/c26-16-10-18(27)21(19(11-16)34-7-1-2-8-34)33-25(36)32-20-13-37-24(31-20)15-4-3-9-35(12-15)23-17-5-6-28-22(17)29-14-30-23;/h5-6,10-11,13-15H,1-4,7-9,12H2,(H,28,29,30)(H2,32,33,36);1H. The Morgan fingerprint density at radius 3 is 2.81 bits per heavy atom. The van der Waals surface area contributed by atoms with Gasteiger partial charge in [0.05, 0.1) is 16.1 Å². The summed E-state index contributed by atoms with van der Waals surface area (Å²) < 4.78 is 28.5. The van der Waals surface area contributed by atoms with Crippen LogP contribution in [0.2, 0.25) is 0 Å². The average Bonchev–Trinajstić information content (AvgIpc) is 3.67. The number of carbonyl (C=O) groups excluding carboxylic acids is 1. The highest BCUT2D eigenvalue weighted by Crippen LogP contribution is 2.35. The van der Waals surface area contributed by atoms with E-state index in [0.717, 1.165) is 66.7 Å². The van der Waals surface area contributed by atoms with Gasteiger partial charge in [0.1, 0.15) is 35.1 Å². The summed E-state index contributed by atoms with van der Waals surface area (Å²) >= 11 is 1.48. The van der Waals surface area contributed by atoms with Crippen molar-refractivity contribution in [3.63, 3.8) is 0 Å². The van der Waals surface area contributed by atoms with E-state index in [0.29, 0.717) is 24.6 Å². The van der Waals surface area contributed by atoms with E-state index < -0.39 is 17.7 Å². The third-order valence-electron chi connectivity index (χ3n) is 6.89. The van der Waals surface area contributed by atoms with Gasteiger partial charge in [-0.05, 0) is 37.8 Å². The first-order chi connectivity index (χ1) is 18.0. The molecule has 2 aliphatic rings. The van der Waals surface area contributed by atoms with Crippen LogP contribution in [0.5, 0.6) is 0 Å². The smallest absolute Gasteiger partial charge is 0.325 e. The van der Waals surface area contributed by atoms with Gasteiger partial charge in [-0.1, -0.05) is 0 Å². The molecule has 2 aliphatic heterocycles. The molecule has 0 spiro atoms. The van der Waals surface area contributed by atoms with Gasteiger partial charge in [0.15, 0.2) is 5.82 Å². The molecule has 3 N–H and O–H groups in total. The van der Waals surface area contributed by atoms with Crippen molar-refractivity contribution < 1.29 is 15.0 Å². The Kier molecular flexibility index (Phi) is 6.33. The van der Waals surface area contributed by atoms with Crippen LogP contribution in [0.1, 0.15) is 38.0 Å². The van der Waals surface area contributed by atoms with Gasteiger partial charge in [0, 0.05) is 51.2 Å². The lowest BCUT2D eigenvalue weighted by Crippen LogP contribution is -2.35. The van der Waals surface area contributed by atoms with Gasteiger partial charge in [0.25, 0.3) is 0 Å². The zero-order valence-electron chi connectivity index (χ0n) is 20.0. The van der Waals surface area contributed by atoms with Crippen molar-refractivity contribution in [2.45, 2.75) is 31.6 Å². The highest BCUT2D eigenvalue weighted by atomic mass is 32.1. The maximum atomic E-state index is 14.6. The number of halogens is 2. The van der Waals surface area contributed by atoms with Gasteiger partial charge < -0.3 is 20.1 Å². The van der Waals surface area contributed by atoms with Crippen molar-refractivity contribution in [3.8, 4) is 0 Å². The third kappa shape index (κ3) is 4.80. The zero-order valence-corrected chi connectivity index (χ0v) is 20.8. The summed E-state index contributed by atoms with van der Waals surface area (Å²) in [5, 5.41) is 8.97. The number of hydrogen-bond acceptors (Lipinski definition) is 7. The fourth-order valence-electron chi connectivity index (χ4n) is 5.17. The molecule has 0 radical (unpaired) electrons. The van der Waals surface area contributed by atoms with Crippen molar-refractivity contribution in [1.82, 2.24) is 19.9 Å². The van der Waals surface area contributed by atoms with Gasteiger partial charge in [0.2, 0.25) is 0 Å². The molecule has 6 rings (SSSR count). The second-order valence-corrected chi connectivity index (χ2v) is 10.2. The van der Waals surface area contributed by atoms with E-state index in [1.165, 1.54) is 17.4 Å². The van der Waals surface area contributed by atoms with E-state index in [2.05, 4.69) is 35.5 Å². The molecule has 194 valence electrons. The Bertz CT molecular complexity index is 1440. The van der Waals surface area contributed by atoms with E-state index in [-0.39, 0.29) is 13.0 Å². The lowest BCUT2D eigenvalue weighted by atomic mass is 9.98. The lowest BCUT2D eigenvalue weighted by molar-refractivity contribution is 0.262. The number of aromatic amines is 1. The molecule has 37 heavy (non-hydrogen) atoms. The minimum atomic E-state index is -0.806. The van der Waals surface area contributed by atoms with Crippen LogP contribution in [-0.4, -0.2) is 52.1 Å². The van der Waals surface area contributed by atoms with Crippen LogP contribution in [0.25, 0.3) is 11.0 Å². The number of rotatable bonds is 5. The maximum absolute atomic E-state index is 14.6. The summed E-state index contributed by atoms with van der Waals surface area (Å²) in [6.07, 6.45) is 7.29. The molecule has 2 fully saturated rings. The van der Waals surface area contributed by atoms with Crippen LogP contribution in [0.4, 0.5) is 36.6 Å². The topological polar surface area (TPSA) is 102 Å². The van der Waals surface area contributed by atoms with Gasteiger partial charge in [-0.15, -0.1) is 11.3 Å². The predicted octanol–water partition coefficient (Wildman–Crippen LogP) is 5.57. The highest BCUT2D eigenvalue weighted by Gasteiger charge is 2.27. The lowest BCUT2D eigenvalue weighted by Gasteiger charge is -2.32. The van der Waals surface area contributed by atoms with E-state index in [4.69, 9.17) is 0 Å². The fraction of sp³-hybridized carbons (Fsp3) is 0.360. The van der Waals surface area contributed by atoms with E-state index >= 15 is 0 Å². The largest absolute Gasteiger partial charge is 0.370 e. The first-order valence-corrected chi connectivity index (χ1v) is 13.2. The molecule has 0 bridgehead atoms. The quantitative estimate of drug-likeness (QED) is 0.314. The molecular weight excluding hydrogens is 498 g/mol. The number of nitrogens with one attached hydrogen (secondary N) is 3. The number of amides is 2. The number of aromatic nitrogens is 4. The number of benzene rings is 1. The van der Waals surface area contributed by atoms with Crippen LogP contribution < -0.4 is 20.4 Å². The number of thiazole rings is 1. The van der Waals surface area contributed by atoms with Gasteiger partial charge in [-0.25, -0.2) is 28.5 Å². The van der Waals surface area contributed by atoms with Crippen molar-refractivity contribution in [3.05, 3.63) is 52.7 Å². The summed E-state index contributed by atoms with van der Waals surface area (Å²) in [6.45, 7) is 3.04. The second kappa shape index (κ2) is 9.92. The van der Waals surface area contributed by atoms with Gasteiger partial charge in [-0.3, -0.25) is 5.32 Å². The molecule has 12 heteroatoms. The second-order valence-electron chi connectivity index (χ2n) is 9.35. The number of carbonyl (C=O) groups is 1. The number of piperidine rings is 1. The SMILES string of the molecule is O=C(Nc1csc(C2CCCN(c3ncnc4[nH]ccc34)C2)n1)Nc1c(F)cc(F)cc1N1CCCC1.[HH]. The van der Waals surface area contributed by atoms with Crippen LogP contribution in [0.3, 0.4) is 0 Å². The van der Waals surface area contributed by atoms with Gasteiger partial charge in [-0.2, -0.15) is 0 Å². The fourth-order valence-corrected chi connectivity index (χ4v) is 6.05. The number of fused-ring (bicyclic) bond motifs is 1. The third-order valence-corrected chi connectivity index (χ3v) is 7.89. The van der Waals surface area contributed by atoms with Crippen LogP contribution >= 0.6 is 11.3 Å². The Labute approximate surface area is 217 Å². The highest BCUT2D eigenvalue weighted by molar-refractivity contribution is 7.10. The Morgan fingerprint density at radius 1 is 1.11 bits per heavy atom. The monoisotopic (exact) mass is 526 g/mol. The number of H-pyrrole nitrogens is 1. The van der Waals surface area contributed by atoms with Crippen molar-refractivity contribution >= 4 is 51.4 Å². The first-order valence-electron chi connectivity index (χ1n) is 12.4. The summed E-state index contributed by atoms with van der Waals surface area (Å²) in [6, 6.07) is 3.41. The Morgan fingerprint density at radius 2 is 1.95 bits per heavy atom. The summed E-state index contributed by atoms with van der Waals surface area (Å²) in [5.74, 6) is 0.0164. The first kappa shape index (κ1) is 23.6. The maximum Gasteiger partial charge on any atom is 0.325 e. The Balaban J connectivity index is 0.00000294. The normalized spacial score (nSPS) is 17.9. The molecule has 1 aromatic carbocycles. The van der Waals surface area contributed by atoms with Crippen molar-refractivity contribution in [2.75, 3.05) is 46.6 Å². The summed E-state index contributed by atoms with van der Waals surface area (Å²) in [4.78, 5) is 33.5. The van der Waals surface area contributed by atoms with Gasteiger partial charge >= 0.3 is 6.03 Å². The van der Waals surface area contributed by atoms with Crippen LogP contribution in [0.15, 0.2) is 36.1 Å². The minimum absolute atomic E-state index is 0. The molecule has 4 aromatic rings. The molecule has 2 amide bonds. The Hall–Kier alpha value is -3.80. The van der Waals surface area contributed by atoms with Crippen LogP contribution in [0, 0.1) is 11.6 Å². The number of urea groups is 1. The van der Waals surface area contributed by atoms with E-state index in [1.54, 1.807) is 11.7 Å². The molecular formula is C25H28F2N8OS. The number of nitrogens with zero attached hydrogens (tertiary/aromatic N) is 5. The summed E-state index contributed by atoms with van der Waals surface area (Å²) in [7, 11) is 0.